The lowest BCUT2D eigenvalue weighted by molar-refractivity contribution is -0.136. The van der Waals surface area contributed by atoms with Gasteiger partial charge in [0.2, 0.25) is 15.7 Å². The molecule has 1 aliphatic heterocycles. The largest absolute Gasteiger partial charge is 0.479 e. The summed E-state index contributed by atoms with van der Waals surface area (Å²) in [5, 5.41) is 5.08. The topological polar surface area (TPSA) is 76.0 Å². The zero-order chi connectivity index (χ0) is 16.5. The summed E-state index contributed by atoms with van der Waals surface area (Å²) in [7, 11) is -1.05. The van der Waals surface area contributed by atoms with E-state index in [1.54, 1.807) is 32.0 Å². The summed E-state index contributed by atoms with van der Waals surface area (Å²) < 4.78 is 30.8. The molecule has 0 aromatic heterocycles. The van der Waals surface area contributed by atoms with Crippen molar-refractivity contribution in [3.05, 3.63) is 41.3 Å². The molecule has 0 aliphatic carbocycles. The Balaban J connectivity index is 2.69. The number of ether oxygens (including phenoxy) is 1. The number of carbonyl (C=O) groups excluding carboxylic acids is 1. The number of rotatable bonds is 2. The van der Waals surface area contributed by atoms with Gasteiger partial charge in [0.25, 0.3) is 5.91 Å². The van der Waals surface area contributed by atoms with E-state index >= 15 is 0 Å². The monoisotopic (exact) mass is 322 g/mol. The SMILES string of the molecule is COC1=NN(C)C(=O)C(C)(C)C=C1S(=O)(=O)c1ccccc1. The number of methoxy groups -OCH3 is 1. The van der Waals surface area contributed by atoms with Gasteiger partial charge in [0.05, 0.1) is 17.4 Å². The van der Waals surface area contributed by atoms with Crippen LogP contribution in [0, 0.1) is 5.41 Å². The number of sulfone groups is 1. The Hall–Kier alpha value is -2.15. The lowest BCUT2D eigenvalue weighted by atomic mass is 9.92. The van der Waals surface area contributed by atoms with Gasteiger partial charge in [-0.15, -0.1) is 5.10 Å². The number of hydrazone groups is 1. The van der Waals surface area contributed by atoms with Crippen molar-refractivity contribution in [2.45, 2.75) is 18.7 Å². The van der Waals surface area contributed by atoms with Crippen LogP contribution in [-0.2, 0) is 19.4 Å². The second kappa shape index (κ2) is 5.57. The first-order valence-electron chi connectivity index (χ1n) is 6.64. The second-order valence-corrected chi connectivity index (χ2v) is 7.40. The van der Waals surface area contributed by atoms with E-state index in [9.17, 15) is 13.2 Å². The smallest absolute Gasteiger partial charge is 0.252 e. The third-order valence-corrected chi connectivity index (χ3v) is 5.09. The van der Waals surface area contributed by atoms with E-state index in [1.165, 1.54) is 32.4 Å². The molecular weight excluding hydrogens is 304 g/mol. The third-order valence-electron chi connectivity index (χ3n) is 3.33. The highest BCUT2D eigenvalue weighted by atomic mass is 32.2. The molecule has 0 unspecified atom stereocenters. The Labute approximate surface area is 130 Å². The summed E-state index contributed by atoms with van der Waals surface area (Å²) >= 11 is 0. The zero-order valence-corrected chi connectivity index (χ0v) is 13.7. The fraction of sp³-hybridized carbons (Fsp3) is 0.333. The summed E-state index contributed by atoms with van der Waals surface area (Å²) in [6, 6.07) is 7.99. The molecule has 1 aromatic rings. The maximum atomic E-state index is 12.9. The van der Waals surface area contributed by atoms with Gasteiger partial charge in [0.1, 0.15) is 4.91 Å². The standard InChI is InChI=1S/C15H18N2O4S/c1-15(2)10-12(13(21-4)16-17(3)14(15)18)22(19,20)11-8-6-5-7-9-11/h5-10H,1-4H3. The number of hydrogen-bond acceptors (Lipinski definition) is 5. The minimum absolute atomic E-state index is 0.106. The van der Waals surface area contributed by atoms with E-state index in [-0.39, 0.29) is 21.6 Å². The van der Waals surface area contributed by atoms with Crippen LogP contribution in [0.1, 0.15) is 13.8 Å². The molecule has 7 heteroatoms. The quantitative estimate of drug-likeness (QED) is 0.832. The lowest BCUT2D eigenvalue weighted by Crippen LogP contribution is -2.33. The average Bonchev–Trinajstić information content (AvgIpc) is 2.58. The zero-order valence-electron chi connectivity index (χ0n) is 12.9. The van der Waals surface area contributed by atoms with Crippen molar-refractivity contribution >= 4 is 21.6 Å². The van der Waals surface area contributed by atoms with E-state index in [0.717, 1.165) is 5.01 Å². The van der Waals surface area contributed by atoms with E-state index in [1.807, 2.05) is 0 Å². The van der Waals surface area contributed by atoms with Crippen molar-refractivity contribution in [1.82, 2.24) is 5.01 Å². The third kappa shape index (κ3) is 2.76. The first kappa shape index (κ1) is 16.2. The van der Waals surface area contributed by atoms with Crippen molar-refractivity contribution in [3.63, 3.8) is 0 Å². The summed E-state index contributed by atoms with van der Waals surface area (Å²) in [6.07, 6.45) is 1.39. The summed E-state index contributed by atoms with van der Waals surface area (Å²) in [6.45, 7) is 3.28. The maximum Gasteiger partial charge on any atom is 0.252 e. The van der Waals surface area contributed by atoms with Gasteiger partial charge in [-0.2, -0.15) is 0 Å². The normalized spacial score (nSPS) is 18.4. The van der Waals surface area contributed by atoms with Crippen LogP contribution in [0.15, 0.2) is 51.3 Å². The molecule has 0 saturated heterocycles. The number of carbonyl (C=O) groups is 1. The van der Waals surface area contributed by atoms with Crippen LogP contribution in [0.5, 0.6) is 0 Å². The lowest BCUT2D eigenvalue weighted by Gasteiger charge is -2.21. The minimum Gasteiger partial charge on any atom is -0.479 e. The van der Waals surface area contributed by atoms with Gasteiger partial charge in [-0.3, -0.25) is 4.79 Å². The van der Waals surface area contributed by atoms with Gasteiger partial charge in [0.15, 0.2) is 0 Å². The van der Waals surface area contributed by atoms with E-state index < -0.39 is 15.3 Å². The molecule has 1 aromatic carbocycles. The molecule has 0 bridgehead atoms. The van der Waals surface area contributed by atoms with Gasteiger partial charge < -0.3 is 4.74 Å². The number of hydrogen-bond donors (Lipinski definition) is 0. The van der Waals surface area contributed by atoms with E-state index in [2.05, 4.69) is 5.10 Å². The molecule has 0 radical (unpaired) electrons. The summed E-state index contributed by atoms with van der Waals surface area (Å²) in [5.74, 6) is -0.425. The van der Waals surface area contributed by atoms with Gasteiger partial charge in [-0.05, 0) is 32.1 Å². The van der Waals surface area contributed by atoms with Gasteiger partial charge in [0, 0.05) is 7.05 Å². The van der Waals surface area contributed by atoms with Crippen LogP contribution in [0.25, 0.3) is 0 Å². The van der Waals surface area contributed by atoms with Crippen molar-refractivity contribution in [2.24, 2.45) is 10.5 Å². The van der Waals surface area contributed by atoms with Gasteiger partial charge in [-0.1, -0.05) is 18.2 Å². The molecule has 1 aliphatic rings. The van der Waals surface area contributed by atoms with Crippen molar-refractivity contribution in [2.75, 3.05) is 14.2 Å². The maximum absolute atomic E-state index is 12.9. The Morgan fingerprint density at radius 3 is 2.32 bits per heavy atom. The average molecular weight is 322 g/mol. The van der Waals surface area contributed by atoms with Crippen molar-refractivity contribution in [3.8, 4) is 0 Å². The number of benzene rings is 1. The van der Waals surface area contributed by atoms with Crippen LogP contribution in [0.2, 0.25) is 0 Å². The Kier molecular flexibility index (Phi) is 4.10. The molecule has 0 saturated carbocycles. The molecule has 0 N–H and O–H groups in total. The molecule has 1 heterocycles. The predicted molar refractivity (Wildman–Crippen MR) is 82.7 cm³/mol. The Morgan fingerprint density at radius 1 is 1.18 bits per heavy atom. The molecule has 22 heavy (non-hydrogen) atoms. The molecule has 1 amide bonds. The van der Waals surface area contributed by atoms with Crippen LogP contribution in [0.4, 0.5) is 0 Å². The van der Waals surface area contributed by atoms with E-state index in [0.29, 0.717) is 0 Å². The summed E-state index contributed by atoms with van der Waals surface area (Å²) in [4.78, 5) is 12.3. The van der Waals surface area contributed by atoms with E-state index in [4.69, 9.17) is 4.74 Å². The molecular formula is C15H18N2O4S. The van der Waals surface area contributed by atoms with Crippen LogP contribution < -0.4 is 0 Å². The summed E-state index contributed by atoms with van der Waals surface area (Å²) in [5.41, 5.74) is -1.02. The molecule has 0 fully saturated rings. The fourth-order valence-corrected chi connectivity index (χ4v) is 3.73. The molecule has 6 nitrogen and oxygen atoms in total. The van der Waals surface area contributed by atoms with Crippen LogP contribution in [0.3, 0.4) is 0 Å². The van der Waals surface area contributed by atoms with Crippen LogP contribution in [-0.4, -0.2) is 39.4 Å². The first-order chi connectivity index (χ1) is 10.2. The van der Waals surface area contributed by atoms with Crippen molar-refractivity contribution < 1.29 is 17.9 Å². The highest BCUT2D eigenvalue weighted by Gasteiger charge is 2.38. The molecule has 0 spiro atoms. The van der Waals surface area contributed by atoms with Crippen LogP contribution >= 0.6 is 0 Å². The molecule has 118 valence electrons. The number of nitrogens with zero attached hydrogens (tertiary/aromatic N) is 2. The second-order valence-electron chi connectivity index (χ2n) is 5.48. The highest BCUT2D eigenvalue weighted by Crippen LogP contribution is 2.31. The number of amides is 1. The van der Waals surface area contributed by atoms with Crippen molar-refractivity contribution in [1.29, 1.82) is 0 Å². The Bertz CT molecular complexity index is 749. The fourth-order valence-electron chi connectivity index (χ4n) is 2.16. The predicted octanol–water partition coefficient (Wildman–Crippen LogP) is 1.80. The van der Waals surface area contributed by atoms with Gasteiger partial charge in [-0.25, -0.2) is 13.4 Å². The Morgan fingerprint density at radius 2 is 1.77 bits per heavy atom. The molecule has 0 atom stereocenters. The van der Waals surface area contributed by atoms with Gasteiger partial charge >= 0.3 is 0 Å². The minimum atomic E-state index is -3.84. The molecule has 2 rings (SSSR count). The first-order valence-corrected chi connectivity index (χ1v) is 8.12. The highest BCUT2D eigenvalue weighted by molar-refractivity contribution is 7.96.